The highest BCUT2D eigenvalue weighted by atomic mass is 32.2. The van der Waals surface area contributed by atoms with Gasteiger partial charge in [-0.25, -0.2) is 4.79 Å². The van der Waals surface area contributed by atoms with Gasteiger partial charge in [-0.2, -0.15) is 21.6 Å². The van der Waals surface area contributed by atoms with Crippen LogP contribution in [0.4, 0.5) is 13.2 Å². The maximum Gasteiger partial charge on any atom is 0.534 e. The molecule has 0 aromatic heterocycles. The maximum absolute atomic E-state index is 12.5. The van der Waals surface area contributed by atoms with Crippen molar-refractivity contribution < 1.29 is 45.5 Å². The zero-order valence-electron chi connectivity index (χ0n) is 14.1. The molecular weight excluding hydrogens is 393 g/mol. The summed E-state index contributed by atoms with van der Waals surface area (Å²) in [5.41, 5.74) is -7.04. The number of halogens is 3. The van der Waals surface area contributed by atoms with Crippen LogP contribution in [-0.2, 0) is 21.3 Å². The number of benzene rings is 1. The number of allylic oxidation sites excluding steroid dienone is 1. The number of hydrogen-bond acceptors (Lipinski definition) is 7. The first-order valence-corrected chi connectivity index (χ1v) is 9.16. The molecule has 0 fully saturated rings. The summed E-state index contributed by atoms with van der Waals surface area (Å²) >= 11 is 0. The average Bonchev–Trinajstić information content (AvgIpc) is 2.54. The van der Waals surface area contributed by atoms with Crippen LogP contribution in [0.2, 0.25) is 0 Å². The molecule has 1 aliphatic heterocycles. The van der Waals surface area contributed by atoms with Crippen molar-refractivity contribution in [1.82, 2.24) is 0 Å². The molecule has 150 valence electrons. The number of ether oxygens (including phenoxy) is 1. The van der Waals surface area contributed by atoms with Gasteiger partial charge in [-0.15, -0.1) is 0 Å². The molecule has 1 atom stereocenters. The van der Waals surface area contributed by atoms with E-state index in [0.717, 1.165) is 18.2 Å². The maximum atomic E-state index is 12.5. The summed E-state index contributed by atoms with van der Waals surface area (Å²) in [5.74, 6) is -1.86. The Bertz CT molecular complexity index is 861. The standard InChI is InChI=1S/C16H17F3O7S/c1-10-3-2-4-11-7-12(26-27(23,24)16(17,18)19)5-6-13(11)25-14(21)15(22,8-10)9-20/h5-8,20,22H,2-4,9H2,1H3/b10-8-. The van der Waals surface area contributed by atoms with Gasteiger partial charge in [0.1, 0.15) is 11.5 Å². The fourth-order valence-electron chi connectivity index (χ4n) is 2.47. The summed E-state index contributed by atoms with van der Waals surface area (Å²) in [6.45, 7) is 0.704. The van der Waals surface area contributed by atoms with E-state index in [2.05, 4.69) is 4.18 Å². The predicted octanol–water partition coefficient (Wildman–Crippen LogP) is 1.83. The molecule has 1 heterocycles. The minimum absolute atomic E-state index is 0.0865. The van der Waals surface area contributed by atoms with Crippen molar-refractivity contribution in [2.24, 2.45) is 0 Å². The number of carbonyl (C=O) groups excluding carboxylic acids is 1. The van der Waals surface area contributed by atoms with E-state index >= 15 is 0 Å². The van der Waals surface area contributed by atoms with Crippen LogP contribution in [-0.4, -0.2) is 42.3 Å². The Labute approximate surface area is 153 Å². The third kappa shape index (κ3) is 4.79. The van der Waals surface area contributed by atoms with Crippen LogP contribution in [0.15, 0.2) is 29.8 Å². The smallest absolute Gasteiger partial charge is 0.424 e. The predicted molar refractivity (Wildman–Crippen MR) is 86.4 cm³/mol. The van der Waals surface area contributed by atoms with Gasteiger partial charge >= 0.3 is 21.6 Å². The van der Waals surface area contributed by atoms with E-state index in [4.69, 9.17) is 4.74 Å². The van der Waals surface area contributed by atoms with E-state index in [1.54, 1.807) is 6.92 Å². The molecule has 0 aliphatic carbocycles. The number of hydrogen-bond donors (Lipinski definition) is 2. The molecule has 1 aromatic rings. The molecule has 1 aliphatic rings. The Morgan fingerprint density at radius 2 is 1.96 bits per heavy atom. The molecular formula is C16H17F3O7S. The van der Waals surface area contributed by atoms with Crippen molar-refractivity contribution in [2.45, 2.75) is 37.3 Å². The van der Waals surface area contributed by atoms with Gasteiger partial charge < -0.3 is 19.1 Å². The molecule has 0 saturated heterocycles. The lowest BCUT2D eigenvalue weighted by molar-refractivity contribution is -0.153. The molecule has 11 heteroatoms. The fourth-order valence-corrected chi connectivity index (χ4v) is 2.92. The van der Waals surface area contributed by atoms with E-state index < -0.39 is 39.6 Å². The van der Waals surface area contributed by atoms with E-state index in [1.807, 2.05) is 0 Å². The van der Waals surface area contributed by atoms with Crippen molar-refractivity contribution in [3.63, 3.8) is 0 Å². The summed E-state index contributed by atoms with van der Waals surface area (Å²) in [4.78, 5) is 12.2. The number of aliphatic hydroxyl groups is 2. The van der Waals surface area contributed by atoms with E-state index in [0.29, 0.717) is 18.4 Å². The van der Waals surface area contributed by atoms with E-state index in [1.165, 1.54) is 6.08 Å². The third-order valence-corrected chi connectivity index (χ3v) is 4.80. The van der Waals surface area contributed by atoms with Crippen molar-refractivity contribution in [3.05, 3.63) is 35.4 Å². The monoisotopic (exact) mass is 410 g/mol. The lowest BCUT2D eigenvalue weighted by Gasteiger charge is -2.23. The second kappa shape index (κ2) is 7.49. The molecule has 1 unspecified atom stereocenters. The second-order valence-electron chi connectivity index (χ2n) is 6.07. The molecule has 0 spiro atoms. The van der Waals surface area contributed by atoms with Gasteiger partial charge in [-0.1, -0.05) is 5.57 Å². The first kappa shape index (κ1) is 21.2. The van der Waals surface area contributed by atoms with E-state index in [-0.39, 0.29) is 17.7 Å². The van der Waals surface area contributed by atoms with Gasteiger partial charge in [-0.05, 0) is 56.0 Å². The van der Waals surface area contributed by atoms with Crippen LogP contribution < -0.4 is 8.92 Å². The Morgan fingerprint density at radius 3 is 2.56 bits per heavy atom. The molecule has 0 amide bonds. The summed E-state index contributed by atoms with van der Waals surface area (Å²) in [7, 11) is -5.84. The zero-order valence-corrected chi connectivity index (χ0v) is 14.9. The van der Waals surface area contributed by atoms with Gasteiger partial charge in [-0.3, -0.25) is 0 Å². The first-order valence-electron chi connectivity index (χ1n) is 7.75. The molecule has 0 saturated carbocycles. The quantitative estimate of drug-likeness (QED) is 0.257. The van der Waals surface area contributed by atoms with Crippen LogP contribution in [0.5, 0.6) is 11.5 Å². The highest BCUT2D eigenvalue weighted by Crippen LogP contribution is 2.32. The van der Waals surface area contributed by atoms with Crippen LogP contribution in [0, 0.1) is 0 Å². The number of carbonyl (C=O) groups is 1. The summed E-state index contributed by atoms with van der Waals surface area (Å²) in [6, 6.07) is 2.97. The fraction of sp³-hybridized carbons (Fsp3) is 0.438. The zero-order chi connectivity index (χ0) is 20.5. The molecule has 2 rings (SSSR count). The Morgan fingerprint density at radius 1 is 1.30 bits per heavy atom. The first-order chi connectivity index (χ1) is 12.4. The van der Waals surface area contributed by atoms with Crippen molar-refractivity contribution in [3.8, 4) is 11.5 Å². The van der Waals surface area contributed by atoms with Gasteiger partial charge in [0.15, 0.2) is 0 Å². The molecule has 0 radical (unpaired) electrons. The normalized spacial score (nSPS) is 23.6. The Kier molecular flexibility index (Phi) is 5.88. The Balaban J connectivity index is 2.39. The number of alkyl halides is 3. The summed E-state index contributed by atoms with van der Waals surface area (Å²) in [5, 5.41) is 19.6. The Hall–Kier alpha value is -2.11. The van der Waals surface area contributed by atoms with Gasteiger partial charge in [0.25, 0.3) is 0 Å². The lowest BCUT2D eigenvalue weighted by Crippen LogP contribution is -2.44. The largest absolute Gasteiger partial charge is 0.534 e. The van der Waals surface area contributed by atoms with Gasteiger partial charge in [0, 0.05) is 0 Å². The lowest BCUT2D eigenvalue weighted by atomic mass is 9.97. The second-order valence-corrected chi connectivity index (χ2v) is 7.61. The topological polar surface area (TPSA) is 110 Å². The highest BCUT2D eigenvalue weighted by Gasteiger charge is 2.48. The van der Waals surface area contributed by atoms with Crippen LogP contribution in [0.1, 0.15) is 25.3 Å². The van der Waals surface area contributed by atoms with Gasteiger partial charge in [0.05, 0.1) is 6.61 Å². The van der Waals surface area contributed by atoms with Crippen molar-refractivity contribution >= 4 is 16.1 Å². The number of rotatable bonds is 3. The third-order valence-electron chi connectivity index (χ3n) is 3.82. The van der Waals surface area contributed by atoms with Crippen LogP contribution in [0.3, 0.4) is 0 Å². The SMILES string of the molecule is C/C1=C/C(O)(CO)C(=O)Oc2ccc(OS(=O)(=O)C(F)(F)F)cc2CCC1. The summed E-state index contributed by atoms with van der Waals surface area (Å²) < 4.78 is 68.8. The van der Waals surface area contributed by atoms with Crippen LogP contribution >= 0.6 is 0 Å². The number of aliphatic hydroxyl groups excluding tert-OH is 1. The minimum Gasteiger partial charge on any atom is -0.424 e. The minimum atomic E-state index is -5.84. The number of esters is 1. The van der Waals surface area contributed by atoms with E-state index in [9.17, 15) is 36.6 Å². The number of aryl methyl sites for hydroxylation is 1. The molecule has 7 nitrogen and oxygen atoms in total. The molecule has 0 bridgehead atoms. The molecule has 27 heavy (non-hydrogen) atoms. The highest BCUT2D eigenvalue weighted by molar-refractivity contribution is 7.88. The summed E-state index contributed by atoms with van der Waals surface area (Å²) in [6.07, 6.45) is 2.31. The molecule has 1 aromatic carbocycles. The van der Waals surface area contributed by atoms with Crippen molar-refractivity contribution in [1.29, 1.82) is 0 Å². The van der Waals surface area contributed by atoms with Crippen molar-refractivity contribution in [2.75, 3.05) is 6.61 Å². The molecule has 2 N–H and O–H groups in total. The van der Waals surface area contributed by atoms with Crippen LogP contribution in [0.25, 0.3) is 0 Å². The average molecular weight is 410 g/mol. The van der Waals surface area contributed by atoms with Gasteiger partial charge in [0.2, 0.25) is 5.60 Å². The number of fused-ring (bicyclic) bond motifs is 1.